The van der Waals surface area contributed by atoms with Crippen LogP contribution in [0.15, 0.2) is 17.2 Å². The molecule has 1 aliphatic rings. The minimum Gasteiger partial charge on any atom is -0.490 e. The number of ether oxygens (including phenoxy) is 1. The summed E-state index contributed by atoms with van der Waals surface area (Å²) in [5, 5.41) is 1.05. The Morgan fingerprint density at radius 1 is 1.40 bits per heavy atom. The largest absolute Gasteiger partial charge is 0.490 e. The van der Waals surface area contributed by atoms with Gasteiger partial charge in [-0.05, 0) is 25.0 Å². The van der Waals surface area contributed by atoms with Crippen LogP contribution in [-0.4, -0.2) is 17.3 Å². The predicted octanol–water partition coefficient (Wildman–Crippen LogP) is 3.47. The van der Waals surface area contributed by atoms with Crippen molar-refractivity contribution in [1.82, 2.24) is 4.98 Å². The van der Waals surface area contributed by atoms with E-state index < -0.39 is 0 Å². The smallest absolute Gasteiger partial charge is 0.124 e. The first-order valence-electron chi connectivity index (χ1n) is 5.41. The van der Waals surface area contributed by atoms with Crippen LogP contribution in [0.5, 0.6) is 5.75 Å². The van der Waals surface area contributed by atoms with E-state index in [-0.39, 0.29) is 0 Å². The van der Waals surface area contributed by atoms with E-state index in [0.29, 0.717) is 12.0 Å². The molecule has 3 heteroatoms. The Morgan fingerprint density at radius 2 is 2.13 bits per heavy atom. The minimum atomic E-state index is 0.457. The van der Waals surface area contributed by atoms with E-state index in [0.717, 1.165) is 16.5 Å². The molecule has 0 aliphatic heterocycles. The average molecular weight is 223 g/mol. The second-order valence-electron chi connectivity index (χ2n) is 4.24. The van der Waals surface area contributed by atoms with Gasteiger partial charge in [0.1, 0.15) is 5.75 Å². The molecule has 0 radical (unpaired) electrons. The van der Waals surface area contributed by atoms with E-state index in [4.69, 9.17) is 4.74 Å². The topological polar surface area (TPSA) is 22.1 Å². The van der Waals surface area contributed by atoms with Gasteiger partial charge in [-0.25, -0.2) is 4.98 Å². The number of nitrogens with zero attached hydrogens (tertiary/aromatic N) is 1. The lowest BCUT2D eigenvalue weighted by Gasteiger charge is -2.10. The summed E-state index contributed by atoms with van der Waals surface area (Å²) >= 11 is 1.67. The minimum absolute atomic E-state index is 0.457. The molecule has 0 bridgehead atoms. The summed E-state index contributed by atoms with van der Waals surface area (Å²) in [5.41, 5.74) is 1.12. The van der Waals surface area contributed by atoms with Crippen molar-refractivity contribution < 1.29 is 4.74 Å². The first-order valence-corrected chi connectivity index (χ1v) is 6.64. The van der Waals surface area contributed by atoms with Crippen LogP contribution in [0.25, 0.3) is 0 Å². The molecule has 0 N–H and O–H groups in total. The fraction of sp³-hybridized carbons (Fsp3) is 0.583. The van der Waals surface area contributed by atoms with E-state index >= 15 is 0 Å². The van der Waals surface area contributed by atoms with Gasteiger partial charge in [0.05, 0.1) is 11.1 Å². The highest BCUT2D eigenvalue weighted by Gasteiger charge is 2.24. The Labute approximate surface area is 95.4 Å². The molecular formula is C12H17NOS. The molecule has 0 atom stereocenters. The SMILES string of the molecule is CSc1cc(OC2CC2)cc(C(C)C)n1. The normalized spacial score (nSPS) is 15.7. The molecule has 2 nitrogen and oxygen atoms in total. The Morgan fingerprint density at radius 3 is 2.67 bits per heavy atom. The van der Waals surface area contributed by atoms with Crippen molar-refractivity contribution in [2.75, 3.05) is 6.26 Å². The monoisotopic (exact) mass is 223 g/mol. The number of aromatic nitrogens is 1. The Bertz CT molecular complexity index is 347. The van der Waals surface area contributed by atoms with Crippen molar-refractivity contribution in [3.05, 3.63) is 17.8 Å². The van der Waals surface area contributed by atoms with Gasteiger partial charge in [-0.2, -0.15) is 0 Å². The van der Waals surface area contributed by atoms with Crippen LogP contribution in [0.4, 0.5) is 0 Å². The molecule has 82 valence electrons. The summed E-state index contributed by atoms with van der Waals surface area (Å²) in [6.45, 7) is 4.32. The van der Waals surface area contributed by atoms with E-state index in [1.54, 1.807) is 11.8 Å². The molecule has 1 saturated carbocycles. The highest BCUT2D eigenvalue weighted by molar-refractivity contribution is 7.98. The maximum absolute atomic E-state index is 5.81. The molecule has 2 rings (SSSR count). The maximum atomic E-state index is 5.81. The molecule has 1 aliphatic carbocycles. The molecular weight excluding hydrogens is 206 g/mol. The number of pyridine rings is 1. The molecule has 1 fully saturated rings. The van der Waals surface area contributed by atoms with Crippen molar-refractivity contribution in [1.29, 1.82) is 0 Å². The summed E-state index contributed by atoms with van der Waals surface area (Å²) in [6, 6.07) is 4.11. The van der Waals surface area contributed by atoms with E-state index in [2.05, 4.69) is 24.9 Å². The van der Waals surface area contributed by atoms with Crippen molar-refractivity contribution in [3.8, 4) is 5.75 Å². The number of hydrogen-bond acceptors (Lipinski definition) is 3. The van der Waals surface area contributed by atoms with Gasteiger partial charge >= 0.3 is 0 Å². The number of hydrogen-bond donors (Lipinski definition) is 0. The zero-order valence-electron chi connectivity index (χ0n) is 9.49. The lowest BCUT2D eigenvalue weighted by Crippen LogP contribution is -2.00. The van der Waals surface area contributed by atoms with Crippen LogP contribution in [0.2, 0.25) is 0 Å². The fourth-order valence-electron chi connectivity index (χ4n) is 1.35. The van der Waals surface area contributed by atoms with Crippen LogP contribution in [0.3, 0.4) is 0 Å². The van der Waals surface area contributed by atoms with Crippen molar-refractivity contribution in [2.24, 2.45) is 0 Å². The zero-order valence-corrected chi connectivity index (χ0v) is 10.3. The van der Waals surface area contributed by atoms with E-state index in [9.17, 15) is 0 Å². The van der Waals surface area contributed by atoms with Crippen LogP contribution in [0, 0.1) is 0 Å². The Balaban J connectivity index is 2.23. The van der Waals surface area contributed by atoms with Crippen LogP contribution in [0.1, 0.15) is 38.3 Å². The zero-order chi connectivity index (χ0) is 10.8. The molecule has 1 aromatic heterocycles. The second kappa shape index (κ2) is 4.44. The van der Waals surface area contributed by atoms with Gasteiger partial charge in [-0.3, -0.25) is 0 Å². The third-order valence-electron chi connectivity index (χ3n) is 2.42. The third-order valence-corrected chi connectivity index (χ3v) is 3.05. The molecule has 0 unspecified atom stereocenters. The van der Waals surface area contributed by atoms with Gasteiger partial charge in [0.2, 0.25) is 0 Å². The number of rotatable bonds is 4. The lowest BCUT2D eigenvalue weighted by atomic mass is 10.1. The van der Waals surface area contributed by atoms with Gasteiger partial charge < -0.3 is 4.74 Å². The summed E-state index contributed by atoms with van der Waals surface area (Å²) in [7, 11) is 0. The first-order chi connectivity index (χ1) is 7.19. The summed E-state index contributed by atoms with van der Waals surface area (Å²) in [6.07, 6.45) is 4.91. The van der Waals surface area contributed by atoms with E-state index in [1.165, 1.54) is 12.8 Å². The van der Waals surface area contributed by atoms with Gasteiger partial charge in [0, 0.05) is 17.8 Å². The molecule has 1 heterocycles. The van der Waals surface area contributed by atoms with Crippen LogP contribution >= 0.6 is 11.8 Å². The van der Waals surface area contributed by atoms with Crippen molar-refractivity contribution in [3.63, 3.8) is 0 Å². The molecule has 0 aromatic carbocycles. The molecule has 15 heavy (non-hydrogen) atoms. The quantitative estimate of drug-likeness (QED) is 0.730. The fourth-order valence-corrected chi connectivity index (χ4v) is 1.78. The van der Waals surface area contributed by atoms with Gasteiger partial charge in [0.25, 0.3) is 0 Å². The molecule has 0 saturated heterocycles. The second-order valence-corrected chi connectivity index (χ2v) is 5.07. The summed E-state index contributed by atoms with van der Waals surface area (Å²) in [5.74, 6) is 1.44. The van der Waals surface area contributed by atoms with Crippen LogP contribution in [-0.2, 0) is 0 Å². The molecule has 1 aromatic rings. The summed E-state index contributed by atoms with van der Waals surface area (Å²) < 4.78 is 5.81. The van der Waals surface area contributed by atoms with Gasteiger partial charge in [-0.15, -0.1) is 11.8 Å². The first kappa shape index (κ1) is 10.8. The number of thioether (sulfide) groups is 1. The van der Waals surface area contributed by atoms with Crippen molar-refractivity contribution >= 4 is 11.8 Å². The highest BCUT2D eigenvalue weighted by atomic mass is 32.2. The lowest BCUT2D eigenvalue weighted by molar-refractivity contribution is 0.301. The average Bonchev–Trinajstić information content (AvgIpc) is 3.01. The van der Waals surface area contributed by atoms with Crippen LogP contribution < -0.4 is 4.74 Å². The highest BCUT2D eigenvalue weighted by Crippen LogP contribution is 2.30. The van der Waals surface area contributed by atoms with Gasteiger partial charge in [-0.1, -0.05) is 13.8 Å². The summed E-state index contributed by atoms with van der Waals surface area (Å²) in [4.78, 5) is 4.56. The van der Waals surface area contributed by atoms with E-state index in [1.807, 2.05) is 12.3 Å². The standard InChI is InChI=1S/C12H17NOS/c1-8(2)11-6-10(14-9-4-5-9)7-12(13-11)15-3/h6-9H,4-5H2,1-3H3. The predicted molar refractivity (Wildman–Crippen MR) is 63.8 cm³/mol. The van der Waals surface area contributed by atoms with Gasteiger partial charge in [0.15, 0.2) is 0 Å². The maximum Gasteiger partial charge on any atom is 0.124 e. The van der Waals surface area contributed by atoms with Crippen molar-refractivity contribution in [2.45, 2.75) is 43.7 Å². The third kappa shape index (κ3) is 2.88. The Hall–Kier alpha value is -0.700. The molecule has 0 spiro atoms. The molecule has 0 amide bonds. The Kier molecular flexibility index (Phi) is 3.19.